The van der Waals surface area contributed by atoms with Crippen LogP contribution in [0.4, 0.5) is 34.6 Å². The molecule has 10 nitrogen and oxygen atoms in total. The van der Waals surface area contributed by atoms with Crippen molar-refractivity contribution in [1.82, 2.24) is 13.9 Å². The van der Waals surface area contributed by atoms with Crippen LogP contribution >= 0.6 is 11.6 Å². The second-order valence-electron chi connectivity index (χ2n) is 8.21. The number of carbonyl (C=O) groups is 1. The molecule has 210 valence electrons. The Morgan fingerprint density at radius 1 is 1.18 bits per heavy atom. The Morgan fingerprint density at radius 3 is 2.33 bits per heavy atom. The van der Waals surface area contributed by atoms with Gasteiger partial charge in [-0.1, -0.05) is 24.3 Å². The molecule has 3 aromatic rings. The maximum Gasteiger partial charge on any atom is 0.490 e. The van der Waals surface area contributed by atoms with E-state index in [1.54, 1.807) is 19.2 Å². The highest BCUT2D eigenvalue weighted by Crippen LogP contribution is 2.37. The molecule has 16 heteroatoms. The fourth-order valence-electron chi connectivity index (χ4n) is 3.65. The maximum absolute atomic E-state index is 14.7. The summed E-state index contributed by atoms with van der Waals surface area (Å²) >= 11 is 6.39. The van der Waals surface area contributed by atoms with Gasteiger partial charge >= 0.3 is 22.4 Å². The lowest BCUT2D eigenvalue weighted by molar-refractivity contribution is -0.192. The van der Waals surface area contributed by atoms with Gasteiger partial charge in [-0.15, -0.1) is 0 Å². The van der Waals surface area contributed by atoms with Crippen molar-refractivity contribution < 1.29 is 35.9 Å². The molecule has 2 aromatic carbocycles. The summed E-state index contributed by atoms with van der Waals surface area (Å²) in [4.78, 5) is 25.8. The lowest BCUT2D eigenvalue weighted by atomic mass is 10.1. The predicted octanol–water partition coefficient (Wildman–Crippen LogP) is 4.50. The highest BCUT2D eigenvalue weighted by atomic mass is 35.5. The van der Waals surface area contributed by atoms with Crippen molar-refractivity contribution in [3.05, 3.63) is 63.9 Å². The van der Waals surface area contributed by atoms with Gasteiger partial charge in [0.25, 0.3) is 5.56 Å². The number of aryl methyl sites for hydroxylation is 1. The van der Waals surface area contributed by atoms with Crippen LogP contribution in [0.3, 0.4) is 0 Å². The molecule has 0 bridgehead atoms. The molecule has 0 aliphatic carbocycles. The molecule has 0 atom stereocenters. The Kier molecular flexibility index (Phi) is 8.87. The molecule has 2 heterocycles. The van der Waals surface area contributed by atoms with Crippen molar-refractivity contribution in [3.8, 4) is 0 Å². The Hall–Kier alpha value is -3.69. The highest BCUT2D eigenvalue weighted by Gasteiger charge is 2.38. The van der Waals surface area contributed by atoms with Crippen molar-refractivity contribution in [2.75, 3.05) is 23.1 Å². The number of nitrogens with zero attached hydrogens (tertiary/aromatic N) is 3. The second kappa shape index (κ2) is 11.6. The van der Waals surface area contributed by atoms with Crippen molar-refractivity contribution in [2.45, 2.75) is 19.0 Å². The lowest BCUT2D eigenvalue weighted by Gasteiger charge is -2.19. The average Bonchev–Trinajstić information content (AvgIpc) is 3.42. The second-order valence-corrected chi connectivity index (χ2v) is 10.3. The van der Waals surface area contributed by atoms with Crippen LogP contribution in [0, 0.1) is 5.82 Å². The number of halogens is 5. The largest absolute Gasteiger partial charge is 0.490 e. The van der Waals surface area contributed by atoms with Gasteiger partial charge in [0.05, 0.1) is 33.6 Å². The number of rotatable bonds is 6. The molecule has 3 N–H and O–H groups in total. The zero-order valence-electron chi connectivity index (χ0n) is 20.2. The quantitative estimate of drug-likeness (QED) is 0.360. The summed E-state index contributed by atoms with van der Waals surface area (Å²) in [7, 11) is -2.23. The van der Waals surface area contributed by atoms with E-state index < -0.39 is 28.2 Å². The number of carboxylic acid groups (broad SMARTS) is 1. The molecule has 0 unspecified atom stereocenters. The topological polar surface area (TPSA) is 134 Å². The molecule has 1 aliphatic rings. The van der Waals surface area contributed by atoms with Gasteiger partial charge in [-0.05, 0) is 37.1 Å². The minimum absolute atomic E-state index is 0.0426. The number of nitrogens with one attached hydrogen (secondary N) is 2. The van der Waals surface area contributed by atoms with Crippen LogP contribution in [-0.2, 0) is 22.1 Å². The van der Waals surface area contributed by atoms with Crippen LogP contribution < -0.4 is 15.6 Å². The van der Waals surface area contributed by atoms with E-state index in [1.165, 1.54) is 27.3 Å². The van der Waals surface area contributed by atoms with E-state index in [0.717, 1.165) is 18.9 Å². The molecule has 1 saturated heterocycles. The number of aliphatic carboxylic acids is 1. The normalized spacial score (nSPS) is 14.0. The number of hydrogen-bond donors (Lipinski definition) is 3. The summed E-state index contributed by atoms with van der Waals surface area (Å²) < 4.78 is 76.7. The number of anilines is 3. The van der Waals surface area contributed by atoms with E-state index in [0.29, 0.717) is 35.2 Å². The van der Waals surface area contributed by atoms with Crippen molar-refractivity contribution >= 4 is 61.8 Å². The molecule has 0 amide bonds. The van der Waals surface area contributed by atoms with Gasteiger partial charge in [-0.2, -0.15) is 25.9 Å². The van der Waals surface area contributed by atoms with Crippen molar-refractivity contribution in [3.63, 3.8) is 0 Å². The van der Waals surface area contributed by atoms with E-state index in [1.807, 2.05) is 0 Å². The first-order chi connectivity index (χ1) is 18.2. The summed E-state index contributed by atoms with van der Waals surface area (Å²) in [5.41, 5.74) is 0.893. The van der Waals surface area contributed by atoms with Gasteiger partial charge in [-0.25, -0.2) is 14.2 Å². The van der Waals surface area contributed by atoms with Crippen LogP contribution in [-0.4, -0.2) is 52.6 Å². The number of aromatic nitrogens is 2. The highest BCUT2D eigenvalue weighted by molar-refractivity contribution is 7.90. The van der Waals surface area contributed by atoms with Crippen LogP contribution in [0.15, 0.2) is 42.0 Å². The molecule has 39 heavy (non-hydrogen) atoms. The average molecular weight is 592 g/mol. The standard InChI is InChI=1S/C21H21ClFN5O3S.C2HF3O2/c1-3-13-15(8-9-16-18(13)21(29)27(2)12-24-16)25-20-14(23)6-7-17(19(20)22)26-32(30,31)28-10-4-5-11-28;3-2(4,5)1(6)7/h3,6-9,12,25-26H,1,4-5,10-11H2,2H3;(H,6,7). The number of hydrogen-bond acceptors (Lipinski definition) is 6. The van der Waals surface area contributed by atoms with E-state index in [4.69, 9.17) is 21.5 Å². The van der Waals surface area contributed by atoms with E-state index in [-0.39, 0.29) is 22.0 Å². The van der Waals surface area contributed by atoms with Crippen LogP contribution in [0.2, 0.25) is 5.02 Å². The molecule has 1 aromatic heterocycles. The number of alkyl halides is 3. The molecule has 0 saturated carbocycles. The summed E-state index contributed by atoms with van der Waals surface area (Å²) in [6.07, 6.45) is -0.631. The molecule has 1 fully saturated rings. The van der Waals surface area contributed by atoms with Gasteiger partial charge in [0.2, 0.25) is 0 Å². The third-order valence-corrected chi connectivity index (χ3v) is 7.48. The van der Waals surface area contributed by atoms with Crippen LogP contribution in [0.5, 0.6) is 0 Å². The van der Waals surface area contributed by atoms with Crippen LogP contribution in [0.1, 0.15) is 18.4 Å². The minimum Gasteiger partial charge on any atom is -0.475 e. The third kappa shape index (κ3) is 6.66. The Labute approximate surface area is 224 Å². The molecule has 4 rings (SSSR count). The minimum atomic E-state index is -5.08. The first kappa shape index (κ1) is 29.9. The van der Waals surface area contributed by atoms with E-state index in [9.17, 15) is 30.8 Å². The first-order valence-corrected chi connectivity index (χ1v) is 12.9. The predicted molar refractivity (Wildman–Crippen MR) is 139 cm³/mol. The van der Waals surface area contributed by atoms with E-state index >= 15 is 0 Å². The summed E-state index contributed by atoms with van der Waals surface area (Å²) in [5.74, 6) is -3.44. The number of fused-ring (bicyclic) bond motifs is 1. The van der Waals surface area contributed by atoms with Gasteiger partial charge in [-0.3, -0.25) is 9.52 Å². The van der Waals surface area contributed by atoms with Gasteiger partial charge in [0, 0.05) is 31.4 Å². The molecule has 0 spiro atoms. The monoisotopic (exact) mass is 591 g/mol. The van der Waals surface area contributed by atoms with Gasteiger partial charge < -0.3 is 15.0 Å². The zero-order chi connectivity index (χ0) is 29.1. The maximum atomic E-state index is 14.7. The molecular formula is C23H22ClF4N5O5S. The van der Waals surface area contributed by atoms with Crippen molar-refractivity contribution in [2.24, 2.45) is 7.05 Å². The van der Waals surface area contributed by atoms with Crippen LogP contribution in [0.25, 0.3) is 17.0 Å². The Balaban J connectivity index is 0.000000532. The lowest BCUT2D eigenvalue weighted by Crippen LogP contribution is -2.33. The summed E-state index contributed by atoms with van der Waals surface area (Å²) in [5, 5.41) is 10.2. The van der Waals surface area contributed by atoms with E-state index in [2.05, 4.69) is 21.6 Å². The van der Waals surface area contributed by atoms with Gasteiger partial charge in [0.15, 0.2) is 0 Å². The Morgan fingerprint density at radius 2 is 1.77 bits per heavy atom. The fourth-order valence-corrected chi connectivity index (χ4v) is 5.27. The number of benzene rings is 2. The Bertz CT molecular complexity index is 1590. The molecule has 1 aliphatic heterocycles. The smallest absolute Gasteiger partial charge is 0.475 e. The zero-order valence-corrected chi connectivity index (χ0v) is 21.8. The molecular weight excluding hydrogens is 570 g/mol. The fraction of sp³-hybridized carbons (Fsp3) is 0.261. The first-order valence-electron chi connectivity index (χ1n) is 11.1. The summed E-state index contributed by atoms with van der Waals surface area (Å²) in [6, 6.07) is 5.64. The van der Waals surface area contributed by atoms with Gasteiger partial charge in [0.1, 0.15) is 5.82 Å². The third-order valence-electron chi connectivity index (χ3n) is 5.57. The molecule has 0 radical (unpaired) electrons. The van der Waals surface area contributed by atoms with Crippen molar-refractivity contribution in [1.29, 1.82) is 0 Å². The summed E-state index contributed by atoms with van der Waals surface area (Å²) in [6.45, 7) is 4.61. The SMILES string of the molecule is C=Cc1c(Nc2c(F)ccc(NS(=O)(=O)N3CCCC3)c2Cl)ccc2ncn(C)c(=O)c12.O=C(O)C(F)(F)F. The number of carboxylic acids is 1.